The summed E-state index contributed by atoms with van der Waals surface area (Å²) >= 11 is 1.60. The molecule has 2 aromatic carbocycles. The van der Waals surface area contributed by atoms with E-state index in [9.17, 15) is 14.4 Å². The van der Waals surface area contributed by atoms with E-state index in [1.807, 2.05) is 36.4 Å². The van der Waals surface area contributed by atoms with Crippen molar-refractivity contribution >= 4 is 29.6 Å². The summed E-state index contributed by atoms with van der Waals surface area (Å²) in [5, 5.41) is 4.12. The van der Waals surface area contributed by atoms with E-state index in [1.165, 1.54) is 19.3 Å². The van der Waals surface area contributed by atoms with E-state index in [4.69, 9.17) is 0 Å². The molecule has 2 N–H and O–H groups in total. The quantitative estimate of drug-likeness (QED) is 0.696. The Hall–Kier alpha value is -2.80. The highest BCUT2D eigenvalue weighted by Crippen LogP contribution is 2.35. The number of imide groups is 1. The zero-order valence-electron chi connectivity index (χ0n) is 16.7. The highest BCUT2D eigenvalue weighted by Gasteiger charge is 2.54. The number of carbonyl (C=O) groups excluding carboxylic acids is 3. The molecule has 1 saturated heterocycles. The van der Waals surface area contributed by atoms with Crippen LogP contribution in [0.5, 0.6) is 0 Å². The van der Waals surface area contributed by atoms with Crippen LogP contribution in [-0.4, -0.2) is 33.9 Å². The van der Waals surface area contributed by atoms with Gasteiger partial charge in [0.15, 0.2) is 5.54 Å². The molecule has 2 aromatic rings. The van der Waals surface area contributed by atoms with Gasteiger partial charge in [0.1, 0.15) is 0 Å². The summed E-state index contributed by atoms with van der Waals surface area (Å²) in [5.74, 6) is -0.627. The number of hydrazine groups is 1. The van der Waals surface area contributed by atoms with E-state index < -0.39 is 17.5 Å². The van der Waals surface area contributed by atoms with Crippen LogP contribution in [0.4, 0.5) is 4.79 Å². The smallest absolute Gasteiger partial charge is 0.314 e. The van der Waals surface area contributed by atoms with Gasteiger partial charge < -0.3 is 5.32 Å². The van der Waals surface area contributed by atoms with E-state index in [1.54, 1.807) is 36.0 Å². The van der Waals surface area contributed by atoms with Gasteiger partial charge in [0, 0.05) is 5.25 Å². The van der Waals surface area contributed by atoms with Crippen LogP contribution in [0, 0.1) is 0 Å². The number of amides is 4. The molecule has 0 aromatic heterocycles. The molecule has 1 heterocycles. The van der Waals surface area contributed by atoms with Crippen LogP contribution in [0.1, 0.15) is 43.2 Å². The van der Waals surface area contributed by atoms with Crippen molar-refractivity contribution in [1.29, 1.82) is 0 Å². The van der Waals surface area contributed by atoms with Crippen LogP contribution >= 0.6 is 11.8 Å². The molecule has 2 aliphatic rings. The van der Waals surface area contributed by atoms with Crippen molar-refractivity contribution in [2.75, 3.05) is 5.75 Å². The Morgan fingerprint density at radius 3 is 2.10 bits per heavy atom. The third kappa shape index (κ3) is 3.94. The lowest BCUT2D eigenvalue weighted by Crippen LogP contribution is -2.49. The van der Waals surface area contributed by atoms with Crippen molar-refractivity contribution in [2.24, 2.45) is 0 Å². The molecule has 0 atom stereocenters. The minimum atomic E-state index is -1.37. The summed E-state index contributed by atoms with van der Waals surface area (Å²) in [4.78, 5) is 38.8. The van der Waals surface area contributed by atoms with Crippen molar-refractivity contribution in [3.05, 3.63) is 71.8 Å². The molecular formula is C23H25N3O3S. The van der Waals surface area contributed by atoms with E-state index in [0.717, 1.165) is 17.9 Å². The molecule has 0 unspecified atom stereocenters. The Kier molecular flexibility index (Phi) is 6.08. The number of rotatable bonds is 6. The molecular weight excluding hydrogens is 398 g/mol. The molecule has 4 amide bonds. The summed E-state index contributed by atoms with van der Waals surface area (Å²) in [6.45, 7) is 0. The summed E-state index contributed by atoms with van der Waals surface area (Å²) in [6, 6.07) is 17.6. The molecule has 156 valence electrons. The van der Waals surface area contributed by atoms with Crippen molar-refractivity contribution in [2.45, 2.75) is 42.9 Å². The molecule has 0 radical (unpaired) electrons. The van der Waals surface area contributed by atoms with Gasteiger partial charge in [-0.3, -0.25) is 15.0 Å². The predicted octanol–water partition coefficient (Wildman–Crippen LogP) is 3.58. The third-order valence-corrected chi connectivity index (χ3v) is 7.05. The Morgan fingerprint density at radius 1 is 0.967 bits per heavy atom. The van der Waals surface area contributed by atoms with E-state index >= 15 is 0 Å². The molecule has 0 spiro atoms. The van der Waals surface area contributed by atoms with Gasteiger partial charge >= 0.3 is 6.03 Å². The van der Waals surface area contributed by atoms with Gasteiger partial charge in [-0.1, -0.05) is 79.9 Å². The highest BCUT2D eigenvalue weighted by molar-refractivity contribution is 8.00. The van der Waals surface area contributed by atoms with Crippen LogP contribution in [0.2, 0.25) is 0 Å². The number of nitrogens with one attached hydrogen (secondary N) is 2. The fourth-order valence-corrected chi connectivity index (χ4v) is 5.27. The minimum Gasteiger partial charge on any atom is -0.314 e. The van der Waals surface area contributed by atoms with Gasteiger partial charge in [0.25, 0.3) is 5.91 Å². The highest BCUT2D eigenvalue weighted by atomic mass is 32.2. The second kappa shape index (κ2) is 8.92. The monoisotopic (exact) mass is 423 g/mol. The number of carbonyl (C=O) groups is 3. The number of hydrogen-bond donors (Lipinski definition) is 2. The lowest BCUT2D eigenvalue weighted by molar-refractivity contribution is -0.137. The summed E-state index contributed by atoms with van der Waals surface area (Å²) in [6.07, 6.45) is 5.89. The summed E-state index contributed by atoms with van der Waals surface area (Å²) in [7, 11) is 0. The molecule has 6 nitrogen and oxygen atoms in total. The predicted molar refractivity (Wildman–Crippen MR) is 117 cm³/mol. The first kappa shape index (κ1) is 20.5. The third-order valence-electron chi connectivity index (χ3n) is 5.67. The van der Waals surface area contributed by atoms with Crippen molar-refractivity contribution in [3.8, 4) is 0 Å². The lowest BCUT2D eigenvalue weighted by Gasteiger charge is -2.27. The molecule has 2 fully saturated rings. The van der Waals surface area contributed by atoms with Crippen molar-refractivity contribution in [3.63, 3.8) is 0 Å². The number of nitrogens with zero attached hydrogens (tertiary/aromatic N) is 1. The topological polar surface area (TPSA) is 78.5 Å². The average Bonchev–Trinajstić information content (AvgIpc) is 3.05. The molecule has 30 heavy (non-hydrogen) atoms. The Labute approximate surface area is 180 Å². The molecule has 7 heteroatoms. The number of hydrogen-bond acceptors (Lipinski definition) is 4. The second-order valence-electron chi connectivity index (χ2n) is 7.66. The number of benzene rings is 2. The van der Waals surface area contributed by atoms with Crippen LogP contribution in [0.25, 0.3) is 0 Å². The first-order valence-electron chi connectivity index (χ1n) is 10.3. The SMILES string of the molecule is O=C(CSC1CCCCC1)NN1C(=O)NC(c2ccccc2)(c2ccccc2)C1=O. The Morgan fingerprint density at radius 2 is 1.53 bits per heavy atom. The number of urea groups is 1. The van der Waals surface area contributed by atoms with Crippen molar-refractivity contribution < 1.29 is 14.4 Å². The normalized spacial score (nSPS) is 18.9. The standard InChI is InChI=1S/C23H25N3O3S/c27-20(16-30-19-14-8-3-9-15-19)25-26-21(28)23(24-22(26)29,17-10-4-1-5-11-17)18-12-6-2-7-13-18/h1-2,4-7,10-13,19H,3,8-9,14-16H2,(H,24,29)(H,25,27). The maximum absolute atomic E-state index is 13.5. The summed E-state index contributed by atoms with van der Waals surface area (Å²) < 4.78 is 0. The fraction of sp³-hybridized carbons (Fsp3) is 0.348. The van der Waals surface area contributed by atoms with Gasteiger partial charge in [-0.15, -0.1) is 11.8 Å². The molecule has 1 saturated carbocycles. The first-order valence-corrected chi connectivity index (χ1v) is 11.3. The van der Waals surface area contributed by atoms with Gasteiger partial charge in [-0.2, -0.15) is 5.01 Å². The van der Waals surface area contributed by atoms with Gasteiger partial charge in [0.2, 0.25) is 5.91 Å². The lowest BCUT2D eigenvalue weighted by atomic mass is 9.83. The van der Waals surface area contributed by atoms with Crippen LogP contribution in [0.15, 0.2) is 60.7 Å². The zero-order chi connectivity index (χ0) is 21.0. The van der Waals surface area contributed by atoms with Gasteiger partial charge in [-0.05, 0) is 24.0 Å². The Balaban J connectivity index is 1.54. The van der Waals surface area contributed by atoms with Crippen LogP contribution in [-0.2, 0) is 15.1 Å². The van der Waals surface area contributed by atoms with Gasteiger partial charge in [-0.25, -0.2) is 4.79 Å². The van der Waals surface area contributed by atoms with E-state index in [-0.39, 0.29) is 11.7 Å². The molecule has 1 aliphatic carbocycles. The van der Waals surface area contributed by atoms with Crippen LogP contribution in [0.3, 0.4) is 0 Å². The minimum absolute atomic E-state index is 0.228. The molecule has 1 aliphatic heterocycles. The molecule has 0 bridgehead atoms. The first-order chi connectivity index (χ1) is 14.6. The fourth-order valence-electron chi connectivity index (χ4n) is 4.15. The van der Waals surface area contributed by atoms with Gasteiger partial charge in [0.05, 0.1) is 5.75 Å². The average molecular weight is 424 g/mol. The second-order valence-corrected chi connectivity index (χ2v) is 8.95. The van der Waals surface area contributed by atoms with E-state index in [0.29, 0.717) is 16.4 Å². The summed E-state index contributed by atoms with van der Waals surface area (Å²) in [5.41, 5.74) is 2.44. The van der Waals surface area contributed by atoms with Crippen molar-refractivity contribution in [1.82, 2.24) is 15.8 Å². The number of thioether (sulfide) groups is 1. The molecule has 4 rings (SSSR count). The van der Waals surface area contributed by atoms with Crippen LogP contribution < -0.4 is 10.7 Å². The zero-order valence-corrected chi connectivity index (χ0v) is 17.5. The maximum Gasteiger partial charge on any atom is 0.344 e. The largest absolute Gasteiger partial charge is 0.344 e. The Bertz CT molecular complexity index is 874. The van der Waals surface area contributed by atoms with E-state index in [2.05, 4.69) is 10.7 Å². The maximum atomic E-state index is 13.5.